The van der Waals surface area contributed by atoms with Crippen LogP contribution >= 0.6 is 11.3 Å². The molecule has 1 aromatic heterocycles. The van der Waals surface area contributed by atoms with Crippen molar-refractivity contribution in [2.45, 2.75) is 19.4 Å². The zero-order chi connectivity index (χ0) is 8.10. The smallest absolute Gasteiger partial charge is 0.0661 e. The molecule has 1 unspecified atom stereocenters. The van der Waals surface area contributed by atoms with Gasteiger partial charge in [-0.15, -0.1) is 11.3 Å². The van der Waals surface area contributed by atoms with Crippen molar-refractivity contribution in [1.29, 1.82) is 0 Å². The number of hydrogen-bond acceptors (Lipinski definition) is 3. The molecule has 1 atom stereocenters. The molecule has 0 saturated carbocycles. The highest BCUT2D eigenvalue weighted by Gasteiger charge is 2.07. The summed E-state index contributed by atoms with van der Waals surface area (Å²) < 4.78 is 0. The molecule has 0 aliphatic rings. The molecular formula is C8H13NOS. The quantitative estimate of drug-likeness (QED) is 0.702. The molecule has 1 heterocycles. The van der Waals surface area contributed by atoms with Crippen LogP contribution in [0.5, 0.6) is 0 Å². The lowest BCUT2D eigenvalue weighted by Gasteiger charge is -2.12. The van der Waals surface area contributed by atoms with Crippen molar-refractivity contribution in [2.24, 2.45) is 0 Å². The lowest BCUT2D eigenvalue weighted by molar-refractivity contribution is 0.0603. The first-order valence-corrected chi connectivity index (χ1v) is 4.58. The van der Waals surface area contributed by atoms with E-state index < -0.39 is 0 Å². The Bertz CT molecular complexity index is 186. The fraction of sp³-hybridized carbons (Fsp3) is 0.500. The van der Waals surface area contributed by atoms with Gasteiger partial charge in [-0.1, -0.05) is 13.0 Å². The Hall–Kier alpha value is -0.380. The highest BCUT2D eigenvalue weighted by atomic mass is 32.1. The fourth-order valence-electron chi connectivity index (χ4n) is 0.974. The molecular weight excluding hydrogens is 158 g/mol. The van der Waals surface area contributed by atoms with Crippen LogP contribution in [0.4, 0.5) is 0 Å². The van der Waals surface area contributed by atoms with Crippen molar-refractivity contribution in [3.8, 4) is 0 Å². The van der Waals surface area contributed by atoms with Crippen LogP contribution in [0, 0.1) is 0 Å². The molecule has 11 heavy (non-hydrogen) atoms. The van der Waals surface area contributed by atoms with Gasteiger partial charge in [-0.25, -0.2) is 0 Å². The molecule has 0 aliphatic carbocycles. The normalized spacial score (nSPS) is 13.3. The van der Waals surface area contributed by atoms with Crippen LogP contribution in [-0.2, 0) is 4.84 Å². The Morgan fingerprint density at radius 1 is 1.73 bits per heavy atom. The topological polar surface area (TPSA) is 21.3 Å². The maximum Gasteiger partial charge on any atom is 0.0661 e. The van der Waals surface area contributed by atoms with Crippen molar-refractivity contribution in [3.63, 3.8) is 0 Å². The zero-order valence-electron chi connectivity index (χ0n) is 6.83. The Morgan fingerprint density at radius 2 is 2.55 bits per heavy atom. The number of thiophene rings is 1. The van der Waals surface area contributed by atoms with E-state index in [2.05, 4.69) is 29.9 Å². The van der Waals surface area contributed by atoms with Crippen LogP contribution in [-0.4, -0.2) is 7.11 Å². The average Bonchev–Trinajstić information content (AvgIpc) is 2.52. The van der Waals surface area contributed by atoms with E-state index in [4.69, 9.17) is 4.84 Å². The molecule has 3 heteroatoms. The van der Waals surface area contributed by atoms with E-state index in [1.807, 2.05) is 0 Å². The van der Waals surface area contributed by atoms with E-state index >= 15 is 0 Å². The van der Waals surface area contributed by atoms with E-state index in [1.54, 1.807) is 18.4 Å². The van der Waals surface area contributed by atoms with Crippen LogP contribution in [0.15, 0.2) is 17.5 Å². The molecule has 0 aromatic carbocycles. The van der Waals surface area contributed by atoms with Gasteiger partial charge in [-0.2, -0.15) is 5.48 Å². The summed E-state index contributed by atoms with van der Waals surface area (Å²) in [6, 6.07) is 4.52. The second-order valence-corrected chi connectivity index (χ2v) is 3.28. The van der Waals surface area contributed by atoms with Crippen LogP contribution < -0.4 is 5.48 Å². The van der Waals surface area contributed by atoms with Gasteiger partial charge < -0.3 is 4.84 Å². The molecule has 0 amide bonds. The van der Waals surface area contributed by atoms with Crippen LogP contribution in [0.2, 0.25) is 0 Å². The minimum atomic E-state index is 0.347. The summed E-state index contributed by atoms with van der Waals surface area (Å²) in [6.07, 6.45) is 1.05. The number of nitrogens with one attached hydrogen (secondary N) is 1. The van der Waals surface area contributed by atoms with Crippen molar-refractivity contribution >= 4 is 11.3 Å². The van der Waals surface area contributed by atoms with Crippen molar-refractivity contribution < 1.29 is 4.84 Å². The Morgan fingerprint density at radius 3 is 3.00 bits per heavy atom. The molecule has 62 valence electrons. The molecule has 0 radical (unpaired) electrons. The maximum atomic E-state index is 4.88. The Kier molecular flexibility index (Phi) is 3.56. The van der Waals surface area contributed by atoms with Crippen molar-refractivity contribution in [3.05, 3.63) is 22.4 Å². The molecule has 1 N–H and O–H groups in total. The summed E-state index contributed by atoms with van der Waals surface area (Å²) in [4.78, 5) is 6.20. The van der Waals surface area contributed by atoms with E-state index in [1.165, 1.54) is 4.88 Å². The second-order valence-electron chi connectivity index (χ2n) is 2.30. The van der Waals surface area contributed by atoms with Crippen molar-refractivity contribution in [1.82, 2.24) is 5.48 Å². The van der Waals surface area contributed by atoms with E-state index in [0.717, 1.165) is 6.42 Å². The predicted octanol–water partition coefficient (Wildman–Crippen LogP) is 2.35. The number of rotatable bonds is 4. The standard InChI is InChI=1S/C8H13NOS/c1-3-7(9-10-2)8-5-4-6-11-8/h4-7,9H,3H2,1-2H3. The lowest BCUT2D eigenvalue weighted by atomic mass is 10.2. The minimum absolute atomic E-state index is 0.347. The van der Waals surface area contributed by atoms with Gasteiger partial charge in [0.15, 0.2) is 0 Å². The minimum Gasteiger partial charge on any atom is -0.304 e. The number of hydrogen-bond donors (Lipinski definition) is 1. The van der Waals surface area contributed by atoms with Gasteiger partial charge in [0.1, 0.15) is 0 Å². The fourth-order valence-corrected chi connectivity index (χ4v) is 1.82. The summed E-state index contributed by atoms with van der Waals surface area (Å²) >= 11 is 1.75. The average molecular weight is 171 g/mol. The molecule has 0 fully saturated rings. The first kappa shape index (κ1) is 8.71. The van der Waals surface area contributed by atoms with Gasteiger partial charge in [0.2, 0.25) is 0 Å². The van der Waals surface area contributed by atoms with Gasteiger partial charge in [0.25, 0.3) is 0 Å². The highest BCUT2D eigenvalue weighted by Crippen LogP contribution is 2.20. The molecule has 1 rings (SSSR count). The molecule has 0 bridgehead atoms. The molecule has 0 saturated heterocycles. The predicted molar refractivity (Wildman–Crippen MR) is 47.5 cm³/mol. The van der Waals surface area contributed by atoms with Gasteiger partial charge in [0.05, 0.1) is 13.2 Å². The first-order valence-electron chi connectivity index (χ1n) is 3.70. The summed E-state index contributed by atoms with van der Waals surface area (Å²) in [6.45, 7) is 2.14. The molecule has 0 aliphatic heterocycles. The highest BCUT2D eigenvalue weighted by molar-refractivity contribution is 7.10. The largest absolute Gasteiger partial charge is 0.304 e. The number of hydroxylamine groups is 1. The third-order valence-electron chi connectivity index (χ3n) is 1.55. The van der Waals surface area contributed by atoms with Gasteiger partial charge in [0, 0.05) is 4.88 Å². The van der Waals surface area contributed by atoms with E-state index in [-0.39, 0.29) is 0 Å². The second kappa shape index (κ2) is 4.49. The summed E-state index contributed by atoms with van der Waals surface area (Å²) in [7, 11) is 1.65. The van der Waals surface area contributed by atoms with Gasteiger partial charge >= 0.3 is 0 Å². The van der Waals surface area contributed by atoms with Crippen molar-refractivity contribution in [2.75, 3.05) is 7.11 Å². The third kappa shape index (κ3) is 2.29. The summed E-state index contributed by atoms with van der Waals surface area (Å²) in [5, 5.41) is 2.08. The summed E-state index contributed by atoms with van der Waals surface area (Å²) in [5.41, 5.74) is 2.95. The van der Waals surface area contributed by atoms with E-state index in [0.29, 0.717) is 6.04 Å². The van der Waals surface area contributed by atoms with Gasteiger partial charge in [-0.3, -0.25) is 0 Å². The Balaban J connectivity index is 2.56. The maximum absolute atomic E-state index is 4.88. The molecule has 1 aromatic rings. The third-order valence-corrected chi connectivity index (χ3v) is 2.54. The SMILES string of the molecule is CCC(NOC)c1cccs1. The van der Waals surface area contributed by atoms with E-state index in [9.17, 15) is 0 Å². The first-order chi connectivity index (χ1) is 5.38. The zero-order valence-corrected chi connectivity index (χ0v) is 7.65. The summed E-state index contributed by atoms with van der Waals surface area (Å²) in [5.74, 6) is 0. The van der Waals surface area contributed by atoms with Gasteiger partial charge in [-0.05, 0) is 17.9 Å². The van der Waals surface area contributed by atoms with Crippen LogP contribution in [0.3, 0.4) is 0 Å². The Labute approximate surface area is 71.1 Å². The van der Waals surface area contributed by atoms with Crippen LogP contribution in [0.25, 0.3) is 0 Å². The monoisotopic (exact) mass is 171 g/mol. The molecule has 0 spiro atoms. The van der Waals surface area contributed by atoms with Crippen LogP contribution in [0.1, 0.15) is 24.3 Å². The lowest BCUT2D eigenvalue weighted by Crippen LogP contribution is -2.17. The molecule has 2 nitrogen and oxygen atoms in total.